The molecule has 1 saturated carbocycles. The number of carbonyl (C=O) groups excluding carboxylic acids is 1. The second-order valence-electron chi connectivity index (χ2n) is 6.98. The summed E-state index contributed by atoms with van der Waals surface area (Å²) in [4.78, 5) is 14.9. The Hall–Kier alpha value is -1.35. The van der Waals surface area contributed by atoms with Crippen LogP contribution in [0.25, 0.3) is 0 Å². The van der Waals surface area contributed by atoms with E-state index in [9.17, 15) is 4.79 Å². The molecule has 2 atom stereocenters. The van der Waals surface area contributed by atoms with Gasteiger partial charge in [0.15, 0.2) is 0 Å². The van der Waals surface area contributed by atoms with Crippen LogP contribution in [0.1, 0.15) is 44.6 Å². The molecule has 0 aromatic heterocycles. The van der Waals surface area contributed by atoms with Crippen molar-refractivity contribution in [1.82, 2.24) is 4.90 Å². The Kier molecular flexibility index (Phi) is 3.78. The number of hydrogen-bond donors (Lipinski definition) is 1. The van der Waals surface area contributed by atoms with Crippen molar-refractivity contribution < 1.29 is 4.79 Å². The zero-order valence-corrected chi connectivity index (χ0v) is 13.1. The number of likely N-dealkylation sites (tertiary alicyclic amines) is 1. The summed E-state index contributed by atoms with van der Waals surface area (Å²) < 4.78 is 0. The van der Waals surface area contributed by atoms with Gasteiger partial charge >= 0.3 is 0 Å². The molecule has 1 aromatic rings. The Morgan fingerprint density at radius 3 is 2.48 bits per heavy atom. The third-order valence-corrected chi connectivity index (χ3v) is 5.31. The third-order valence-electron chi connectivity index (χ3n) is 5.31. The first-order chi connectivity index (χ1) is 10.0. The lowest BCUT2D eigenvalue weighted by molar-refractivity contribution is -0.142. The summed E-state index contributed by atoms with van der Waals surface area (Å²) in [5.74, 6) is 1.24. The van der Waals surface area contributed by atoms with Crippen molar-refractivity contribution in [3.8, 4) is 0 Å². The van der Waals surface area contributed by atoms with Crippen molar-refractivity contribution in [2.45, 2.75) is 44.6 Å². The quantitative estimate of drug-likeness (QED) is 0.904. The van der Waals surface area contributed by atoms with Crippen LogP contribution in [-0.2, 0) is 4.79 Å². The van der Waals surface area contributed by atoms with Crippen molar-refractivity contribution in [3.63, 3.8) is 0 Å². The van der Waals surface area contributed by atoms with E-state index in [1.807, 2.05) is 23.1 Å². The molecule has 0 bridgehead atoms. The van der Waals surface area contributed by atoms with Gasteiger partial charge in [-0.05, 0) is 30.2 Å². The van der Waals surface area contributed by atoms with Gasteiger partial charge in [-0.15, -0.1) is 0 Å². The highest BCUT2D eigenvalue weighted by Gasteiger charge is 2.52. The number of carbonyl (C=O) groups is 1. The van der Waals surface area contributed by atoms with Crippen molar-refractivity contribution >= 4 is 5.91 Å². The van der Waals surface area contributed by atoms with Crippen LogP contribution in [0, 0.1) is 11.8 Å². The van der Waals surface area contributed by atoms with E-state index in [1.54, 1.807) is 0 Å². The van der Waals surface area contributed by atoms with Gasteiger partial charge in [-0.25, -0.2) is 0 Å². The van der Waals surface area contributed by atoms with Crippen molar-refractivity contribution in [1.29, 1.82) is 0 Å². The molecular weight excluding hydrogens is 260 g/mol. The summed E-state index contributed by atoms with van der Waals surface area (Å²) in [6.45, 7) is 5.82. The first-order valence-corrected chi connectivity index (χ1v) is 8.18. The smallest absolute Gasteiger partial charge is 0.230 e. The Morgan fingerprint density at radius 2 is 1.95 bits per heavy atom. The average Bonchev–Trinajstić information content (AvgIpc) is 3.29. The first kappa shape index (κ1) is 14.6. The van der Waals surface area contributed by atoms with Gasteiger partial charge in [0.25, 0.3) is 0 Å². The molecule has 1 aliphatic heterocycles. The van der Waals surface area contributed by atoms with Gasteiger partial charge in [-0.1, -0.05) is 50.6 Å². The molecule has 1 amide bonds. The summed E-state index contributed by atoms with van der Waals surface area (Å²) in [5, 5.41) is 0. The van der Waals surface area contributed by atoms with Crippen LogP contribution in [0.3, 0.4) is 0 Å². The number of amides is 1. The minimum Gasteiger partial charge on any atom is -0.338 e. The second-order valence-corrected chi connectivity index (χ2v) is 6.98. The van der Waals surface area contributed by atoms with Gasteiger partial charge < -0.3 is 10.6 Å². The summed E-state index contributed by atoms with van der Waals surface area (Å²) in [6, 6.07) is 10.2. The molecule has 2 N–H and O–H groups in total. The van der Waals surface area contributed by atoms with Gasteiger partial charge in [-0.2, -0.15) is 0 Å². The van der Waals surface area contributed by atoms with Gasteiger partial charge in [0.05, 0.1) is 11.5 Å². The Labute approximate surface area is 127 Å². The lowest BCUT2D eigenvalue weighted by atomic mass is 9.80. The van der Waals surface area contributed by atoms with E-state index < -0.39 is 0 Å². The minimum atomic E-state index is -0.0909. The molecule has 1 aromatic carbocycles. The second kappa shape index (κ2) is 5.45. The predicted octanol–water partition coefficient (Wildman–Crippen LogP) is 2.77. The maximum absolute atomic E-state index is 12.9. The molecule has 2 aliphatic rings. The third kappa shape index (κ3) is 2.71. The molecule has 0 spiro atoms. The van der Waals surface area contributed by atoms with E-state index >= 15 is 0 Å². The molecule has 3 rings (SSSR count). The van der Waals surface area contributed by atoms with Crippen LogP contribution < -0.4 is 5.73 Å². The van der Waals surface area contributed by atoms with Gasteiger partial charge in [0, 0.05) is 13.1 Å². The van der Waals surface area contributed by atoms with Crippen LogP contribution in [0.15, 0.2) is 30.3 Å². The maximum atomic E-state index is 12.9. The summed E-state index contributed by atoms with van der Waals surface area (Å²) in [6.07, 6.45) is 3.49. The fourth-order valence-electron chi connectivity index (χ4n) is 3.54. The van der Waals surface area contributed by atoms with Crippen molar-refractivity contribution in [2.75, 3.05) is 13.1 Å². The number of nitrogens with zero attached hydrogens (tertiary/aromatic N) is 1. The summed E-state index contributed by atoms with van der Waals surface area (Å²) in [7, 11) is 0. The SMILES string of the molecule is CCC(C)C(C(=O)N1CC(N)(C2CC2)C1)c1ccccc1. The zero-order valence-electron chi connectivity index (χ0n) is 13.1. The van der Waals surface area contributed by atoms with Crippen molar-refractivity contribution in [3.05, 3.63) is 35.9 Å². The highest BCUT2D eigenvalue weighted by molar-refractivity contribution is 5.85. The van der Waals surface area contributed by atoms with Crippen LogP contribution in [0.4, 0.5) is 0 Å². The van der Waals surface area contributed by atoms with Gasteiger partial charge in [0.1, 0.15) is 0 Å². The average molecular weight is 286 g/mol. The molecule has 2 fully saturated rings. The summed E-state index contributed by atoms with van der Waals surface area (Å²) in [5.41, 5.74) is 7.44. The number of nitrogens with two attached hydrogens (primary N) is 1. The molecule has 1 aliphatic carbocycles. The fraction of sp³-hybridized carbons (Fsp3) is 0.611. The molecule has 21 heavy (non-hydrogen) atoms. The van der Waals surface area contributed by atoms with E-state index in [4.69, 9.17) is 5.73 Å². The molecule has 114 valence electrons. The molecular formula is C18H26N2O. The number of hydrogen-bond acceptors (Lipinski definition) is 2. The molecule has 3 heteroatoms. The number of rotatable bonds is 5. The lowest BCUT2D eigenvalue weighted by Crippen LogP contribution is -2.70. The zero-order chi connectivity index (χ0) is 15.0. The minimum absolute atomic E-state index is 0.0278. The van der Waals surface area contributed by atoms with Crippen LogP contribution in [-0.4, -0.2) is 29.4 Å². The molecule has 2 unspecified atom stereocenters. The topological polar surface area (TPSA) is 46.3 Å². The highest BCUT2D eigenvalue weighted by atomic mass is 16.2. The van der Waals surface area contributed by atoms with Gasteiger partial charge in [-0.3, -0.25) is 4.79 Å². The molecule has 0 radical (unpaired) electrons. The first-order valence-electron chi connectivity index (χ1n) is 8.18. The highest BCUT2D eigenvalue weighted by Crippen LogP contribution is 2.44. The Bertz CT molecular complexity index is 503. The van der Waals surface area contributed by atoms with Crippen molar-refractivity contribution in [2.24, 2.45) is 17.6 Å². The number of benzene rings is 1. The maximum Gasteiger partial charge on any atom is 0.230 e. The summed E-state index contributed by atoms with van der Waals surface area (Å²) >= 11 is 0. The standard InChI is InChI=1S/C18H26N2O/c1-3-13(2)16(14-7-5-4-6-8-14)17(21)20-11-18(19,12-20)15-9-10-15/h4-8,13,15-16H,3,9-12,19H2,1-2H3. The molecule has 3 nitrogen and oxygen atoms in total. The van der Waals surface area contributed by atoms with E-state index in [1.165, 1.54) is 12.8 Å². The normalized spacial score (nSPS) is 23.3. The largest absolute Gasteiger partial charge is 0.338 e. The Morgan fingerprint density at radius 1 is 1.33 bits per heavy atom. The fourth-order valence-corrected chi connectivity index (χ4v) is 3.54. The van der Waals surface area contributed by atoms with E-state index in [2.05, 4.69) is 26.0 Å². The Balaban J connectivity index is 1.73. The van der Waals surface area contributed by atoms with Gasteiger partial charge in [0.2, 0.25) is 5.91 Å². The van der Waals surface area contributed by atoms with Crippen LogP contribution >= 0.6 is 0 Å². The lowest BCUT2D eigenvalue weighted by Gasteiger charge is -2.49. The molecule has 1 saturated heterocycles. The monoisotopic (exact) mass is 286 g/mol. The van der Waals surface area contributed by atoms with E-state index in [0.717, 1.165) is 25.1 Å². The van der Waals surface area contributed by atoms with E-state index in [-0.39, 0.29) is 17.4 Å². The van der Waals surface area contributed by atoms with Crippen LogP contribution in [0.2, 0.25) is 0 Å². The molecule has 1 heterocycles. The predicted molar refractivity (Wildman–Crippen MR) is 84.9 cm³/mol. The van der Waals surface area contributed by atoms with E-state index in [0.29, 0.717) is 11.8 Å². The van der Waals surface area contributed by atoms with Crippen LogP contribution in [0.5, 0.6) is 0 Å².